The first kappa shape index (κ1) is 18.0. The van der Waals surface area contributed by atoms with Gasteiger partial charge < -0.3 is 9.47 Å². The number of sulfonamides is 1. The second-order valence-corrected chi connectivity index (χ2v) is 7.88. The van der Waals surface area contributed by atoms with Crippen LogP contribution in [-0.2, 0) is 14.8 Å². The highest BCUT2D eigenvalue weighted by molar-refractivity contribution is 7.89. The topological polar surface area (TPSA) is 119 Å². The van der Waals surface area contributed by atoms with Crippen molar-refractivity contribution < 1.29 is 22.3 Å². The second kappa shape index (κ2) is 6.84. The molecule has 1 aromatic heterocycles. The van der Waals surface area contributed by atoms with E-state index in [0.717, 1.165) is 12.3 Å². The van der Waals surface area contributed by atoms with Crippen molar-refractivity contribution in [1.82, 2.24) is 9.88 Å². The minimum atomic E-state index is -4.14. The number of aromatic nitrogens is 1. The number of nitrogens with two attached hydrogens (primary N) is 1. The molecule has 0 amide bonds. The lowest BCUT2D eigenvalue weighted by Gasteiger charge is -2.43. The van der Waals surface area contributed by atoms with E-state index in [1.807, 2.05) is 0 Å². The SMILES string of the molecule is N#Cc1cnc(OCC2(F)CCN(C3COC3)CC2)c(S(N)(=O)=O)c1. The fourth-order valence-corrected chi connectivity index (χ4v) is 3.52. The molecule has 2 N–H and O–H groups in total. The average Bonchev–Trinajstić information content (AvgIpc) is 2.53. The molecule has 0 atom stereocenters. The Bertz CT molecular complexity index is 783. The van der Waals surface area contributed by atoms with Crippen molar-refractivity contribution in [3.8, 4) is 11.9 Å². The number of ether oxygens (including phenoxy) is 2. The summed E-state index contributed by atoms with van der Waals surface area (Å²) in [6.07, 6.45) is 1.73. The minimum absolute atomic E-state index is 0.0300. The van der Waals surface area contributed by atoms with E-state index in [1.54, 1.807) is 6.07 Å². The lowest BCUT2D eigenvalue weighted by Crippen LogP contribution is -2.55. The Balaban J connectivity index is 1.66. The fraction of sp³-hybridized carbons (Fsp3) is 0.600. The third kappa shape index (κ3) is 4.07. The minimum Gasteiger partial charge on any atom is -0.473 e. The predicted octanol–water partition coefficient (Wildman–Crippen LogP) is 0.182. The maximum atomic E-state index is 14.9. The zero-order valence-corrected chi connectivity index (χ0v) is 14.3. The first-order valence-electron chi connectivity index (χ1n) is 7.87. The molecule has 0 bridgehead atoms. The van der Waals surface area contributed by atoms with Crippen LogP contribution in [-0.4, -0.2) is 62.9 Å². The summed E-state index contributed by atoms with van der Waals surface area (Å²) in [6, 6.07) is 3.21. The molecule has 10 heteroatoms. The van der Waals surface area contributed by atoms with Gasteiger partial charge >= 0.3 is 0 Å². The van der Waals surface area contributed by atoms with Crippen LogP contribution in [0.15, 0.2) is 17.2 Å². The van der Waals surface area contributed by atoms with Gasteiger partial charge in [0.25, 0.3) is 0 Å². The Labute approximate surface area is 145 Å². The molecule has 0 spiro atoms. The van der Waals surface area contributed by atoms with Crippen LogP contribution in [0.2, 0.25) is 0 Å². The van der Waals surface area contributed by atoms with Gasteiger partial charge in [-0.05, 0) is 18.9 Å². The summed E-state index contributed by atoms with van der Waals surface area (Å²) < 4.78 is 48.7. The maximum Gasteiger partial charge on any atom is 0.243 e. The molecule has 3 rings (SSSR count). The number of halogens is 1. The third-order valence-corrected chi connectivity index (χ3v) is 5.46. The van der Waals surface area contributed by atoms with Crippen molar-refractivity contribution in [3.05, 3.63) is 17.8 Å². The smallest absolute Gasteiger partial charge is 0.243 e. The second-order valence-electron chi connectivity index (χ2n) is 6.35. The third-order valence-electron chi connectivity index (χ3n) is 4.55. The first-order chi connectivity index (χ1) is 11.8. The Kier molecular flexibility index (Phi) is 4.92. The van der Waals surface area contributed by atoms with Crippen molar-refractivity contribution in [3.63, 3.8) is 0 Å². The standard InChI is InChI=1S/C15H19FN4O4S/c16-15(1-3-20(4-2-15)12-8-23-9-12)10-24-14-13(25(18,21)22)5-11(6-17)7-19-14/h5,7,12H,1-4,8-10H2,(H2,18,21,22). The van der Waals surface area contributed by atoms with Gasteiger partial charge in [0.05, 0.1) is 24.8 Å². The number of nitriles is 1. The molecule has 2 aliphatic heterocycles. The molecule has 0 aliphatic carbocycles. The molecular formula is C15H19FN4O4S. The van der Waals surface area contributed by atoms with Crippen molar-refractivity contribution in [2.45, 2.75) is 29.4 Å². The Morgan fingerprint density at radius 1 is 1.48 bits per heavy atom. The highest BCUT2D eigenvalue weighted by Gasteiger charge is 2.39. The molecular weight excluding hydrogens is 351 g/mol. The molecule has 2 saturated heterocycles. The van der Waals surface area contributed by atoms with Crippen LogP contribution in [0.3, 0.4) is 0 Å². The number of rotatable bonds is 5. The van der Waals surface area contributed by atoms with E-state index in [2.05, 4.69) is 9.88 Å². The van der Waals surface area contributed by atoms with Crippen LogP contribution in [0.5, 0.6) is 5.88 Å². The number of primary sulfonamides is 1. The summed E-state index contributed by atoms with van der Waals surface area (Å²) in [5.74, 6) is -0.284. The largest absolute Gasteiger partial charge is 0.473 e. The van der Waals surface area contributed by atoms with Crippen molar-refractivity contribution in [2.75, 3.05) is 32.9 Å². The van der Waals surface area contributed by atoms with Crippen molar-refractivity contribution in [2.24, 2.45) is 5.14 Å². The number of hydrogen-bond donors (Lipinski definition) is 1. The van der Waals surface area contributed by atoms with Crippen molar-refractivity contribution in [1.29, 1.82) is 5.26 Å². The van der Waals surface area contributed by atoms with E-state index in [0.29, 0.717) is 32.3 Å². The summed E-state index contributed by atoms with van der Waals surface area (Å²) in [5, 5.41) is 14.0. The molecule has 8 nitrogen and oxygen atoms in total. The summed E-state index contributed by atoms with van der Waals surface area (Å²) >= 11 is 0. The molecule has 0 radical (unpaired) electrons. The predicted molar refractivity (Wildman–Crippen MR) is 85.1 cm³/mol. The van der Waals surface area contributed by atoms with Crippen LogP contribution < -0.4 is 9.88 Å². The molecule has 0 aromatic carbocycles. The summed E-state index contributed by atoms with van der Waals surface area (Å²) in [6.45, 7) is 2.24. The molecule has 2 aliphatic rings. The van der Waals surface area contributed by atoms with Crippen LogP contribution >= 0.6 is 0 Å². The van der Waals surface area contributed by atoms with Crippen LogP contribution in [0.1, 0.15) is 18.4 Å². The van der Waals surface area contributed by atoms with E-state index in [9.17, 15) is 12.8 Å². The summed E-state index contributed by atoms with van der Waals surface area (Å²) in [7, 11) is -4.14. The van der Waals surface area contributed by atoms with E-state index in [1.165, 1.54) is 0 Å². The monoisotopic (exact) mass is 370 g/mol. The van der Waals surface area contributed by atoms with Gasteiger partial charge in [-0.1, -0.05) is 0 Å². The number of alkyl halides is 1. The lowest BCUT2D eigenvalue weighted by atomic mass is 9.93. The number of nitrogens with zero attached hydrogens (tertiary/aromatic N) is 3. The van der Waals surface area contributed by atoms with Gasteiger partial charge in [0.2, 0.25) is 15.9 Å². The first-order valence-corrected chi connectivity index (χ1v) is 9.42. The van der Waals surface area contributed by atoms with Gasteiger partial charge in [0.15, 0.2) is 0 Å². The van der Waals surface area contributed by atoms with Crippen LogP contribution in [0.4, 0.5) is 4.39 Å². The summed E-state index contributed by atoms with van der Waals surface area (Å²) in [4.78, 5) is 5.57. The zero-order chi connectivity index (χ0) is 18.1. The number of piperidine rings is 1. The Morgan fingerprint density at radius 3 is 2.68 bits per heavy atom. The van der Waals surface area contributed by atoms with Gasteiger partial charge in [-0.2, -0.15) is 5.26 Å². The number of hydrogen-bond acceptors (Lipinski definition) is 7. The Hall–Kier alpha value is -1.80. The van der Waals surface area contributed by atoms with E-state index in [-0.39, 0.29) is 30.9 Å². The zero-order valence-electron chi connectivity index (χ0n) is 13.5. The van der Waals surface area contributed by atoms with Crippen LogP contribution in [0, 0.1) is 11.3 Å². The number of pyridine rings is 1. The molecule has 2 fully saturated rings. The van der Waals surface area contributed by atoms with Gasteiger partial charge in [-0.25, -0.2) is 22.9 Å². The van der Waals surface area contributed by atoms with Gasteiger partial charge in [0.1, 0.15) is 23.2 Å². The molecule has 0 unspecified atom stereocenters. The molecule has 0 saturated carbocycles. The van der Waals surface area contributed by atoms with Crippen molar-refractivity contribution >= 4 is 10.0 Å². The fourth-order valence-electron chi connectivity index (χ4n) is 2.87. The van der Waals surface area contributed by atoms with Gasteiger partial charge in [-0.15, -0.1) is 0 Å². The van der Waals surface area contributed by atoms with E-state index >= 15 is 0 Å². The van der Waals surface area contributed by atoms with Gasteiger partial charge in [-0.3, -0.25) is 4.90 Å². The lowest BCUT2D eigenvalue weighted by molar-refractivity contribution is -0.0893. The normalized spacial score (nSPS) is 21.3. The maximum absolute atomic E-state index is 14.9. The molecule has 25 heavy (non-hydrogen) atoms. The molecule has 136 valence electrons. The quantitative estimate of drug-likeness (QED) is 0.785. The van der Waals surface area contributed by atoms with Gasteiger partial charge in [0, 0.05) is 19.3 Å². The van der Waals surface area contributed by atoms with E-state index < -0.39 is 20.6 Å². The highest BCUT2D eigenvalue weighted by Crippen LogP contribution is 2.30. The summed E-state index contributed by atoms with van der Waals surface area (Å²) in [5.41, 5.74) is -1.53. The average molecular weight is 370 g/mol. The Morgan fingerprint density at radius 2 is 2.16 bits per heavy atom. The molecule has 1 aromatic rings. The number of likely N-dealkylation sites (tertiary alicyclic amines) is 1. The highest BCUT2D eigenvalue weighted by atomic mass is 32.2. The van der Waals surface area contributed by atoms with E-state index in [4.69, 9.17) is 19.9 Å². The molecule has 3 heterocycles. The van der Waals surface area contributed by atoms with Crippen LogP contribution in [0.25, 0.3) is 0 Å².